The van der Waals surface area contributed by atoms with Gasteiger partial charge in [0.05, 0.1) is 6.26 Å². The number of aryl methyl sites for hydroxylation is 1. The maximum Gasteiger partial charge on any atom is 0.260 e. The molecule has 1 aliphatic heterocycles. The van der Waals surface area contributed by atoms with Gasteiger partial charge >= 0.3 is 0 Å². The molecule has 1 fully saturated rings. The minimum atomic E-state index is 0.0329. The van der Waals surface area contributed by atoms with Gasteiger partial charge in [-0.25, -0.2) is 0 Å². The Hall–Kier alpha value is -2.23. The number of carbonyl (C=O) groups is 1. The van der Waals surface area contributed by atoms with Gasteiger partial charge in [0.2, 0.25) is 0 Å². The Morgan fingerprint density at radius 1 is 1.38 bits per heavy atom. The van der Waals surface area contributed by atoms with Crippen LogP contribution < -0.4 is 4.74 Å². The van der Waals surface area contributed by atoms with E-state index >= 15 is 0 Å². The molecule has 21 heavy (non-hydrogen) atoms. The first-order valence-corrected chi connectivity index (χ1v) is 7.23. The first-order chi connectivity index (χ1) is 10.2. The van der Waals surface area contributed by atoms with Crippen LogP contribution in [-0.2, 0) is 4.79 Å². The van der Waals surface area contributed by atoms with Crippen molar-refractivity contribution in [3.8, 4) is 5.75 Å². The standard InChI is InChI=1S/C17H19NO3/c1-13-4-2-5-15(10-13)21-12-17(19)18-8-7-14(11-18)16-6-3-9-20-16/h2-6,9-10,14H,7-8,11-12H2,1H3. The number of carbonyl (C=O) groups excluding carboxylic acids is 1. The van der Waals surface area contributed by atoms with E-state index in [1.807, 2.05) is 48.2 Å². The molecule has 0 spiro atoms. The van der Waals surface area contributed by atoms with Crippen LogP contribution in [0.3, 0.4) is 0 Å². The Bertz CT molecular complexity index is 606. The van der Waals surface area contributed by atoms with Gasteiger partial charge in [-0.1, -0.05) is 12.1 Å². The highest BCUT2D eigenvalue weighted by Gasteiger charge is 2.28. The molecule has 1 atom stereocenters. The van der Waals surface area contributed by atoms with Crippen molar-refractivity contribution in [1.29, 1.82) is 0 Å². The number of ether oxygens (including phenoxy) is 1. The Labute approximate surface area is 124 Å². The van der Waals surface area contributed by atoms with Crippen molar-refractivity contribution in [1.82, 2.24) is 4.90 Å². The molecular weight excluding hydrogens is 266 g/mol. The fourth-order valence-electron chi connectivity index (χ4n) is 2.68. The molecule has 0 N–H and O–H groups in total. The van der Waals surface area contributed by atoms with Crippen LogP contribution in [0.15, 0.2) is 47.1 Å². The first-order valence-electron chi connectivity index (χ1n) is 7.23. The molecule has 0 saturated carbocycles. The van der Waals surface area contributed by atoms with E-state index < -0.39 is 0 Å². The minimum Gasteiger partial charge on any atom is -0.484 e. The van der Waals surface area contributed by atoms with Crippen LogP contribution in [-0.4, -0.2) is 30.5 Å². The second kappa shape index (κ2) is 6.04. The van der Waals surface area contributed by atoms with Crippen molar-refractivity contribution < 1.29 is 13.9 Å². The molecule has 1 aromatic heterocycles. The van der Waals surface area contributed by atoms with Crippen LogP contribution in [0.25, 0.3) is 0 Å². The SMILES string of the molecule is Cc1cccc(OCC(=O)N2CCC(c3ccco3)C2)c1. The van der Waals surface area contributed by atoms with Crippen LogP contribution in [0.5, 0.6) is 5.75 Å². The molecule has 2 heterocycles. The Balaban J connectivity index is 1.52. The molecule has 1 aliphatic rings. The number of furan rings is 1. The third kappa shape index (κ3) is 3.27. The smallest absolute Gasteiger partial charge is 0.260 e. The van der Waals surface area contributed by atoms with Gasteiger partial charge in [0.15, 0.2) is 6.61 Å². The molecule has 1 aromatic carbocycles. The number of hydrogen-bond donors (Lipinski definition) is 0. The lowest BCUT2D eigenvalue weighted by molar-refractivity contribution is -0.132. The average molecular weight is 285 g/mol. The number of likely N-dealkylation sites (tertiary alicyclic amines) is 1. The van der Waals surface area contributed by atoms with E-state index in [1.54, 1.807) is 6.26 Å². The molecule has 1 saturated heterocycles. The summed E-state index contributed by atoms with van der Waals surface area (Å²) in [6, 6.07) is 11.6. The van der Waals surface area contributed by atoms with Gasteiger partial charge in [-0.05, 0) is 43.2 Å². The molecule has 0 bridgehead atoms. The summed E-state index contributed by atoms with van der Waals surface area (Å²) >= 11 is 0. The van der Waals surface area contributed by atoms with Crippen molar-refractivity contribution in [2.75, 3.05) is 19.7 Å². The van der Waals surface area contributed by atoms with Gasteiger partial charge in [-0.2, -0.15) is 0 Å². The molecule has 4 heteroatoms. The van der Waals surface area contributed by atoms with E-state index in [2.05, 4.69) is 0 Å². The highest BCUT2D eigenvalue weighted by molar-refractivity contribution is 5.78. The highest BCUT2D eigenvalue weighted by atomic mass is 16.5. The zero-order valence-corrected chi connectivity index (χ0v) is 12.1. The summed E-state index contributed by atoms with van der Waals surface area (Å²) in [7, 11) is 0. The zero-order chi connectivity index (χ0) is 14.7. The van der Waals surface area contributed by atoms with Crippen molar-refractivity contribution in [3.63, 3.8) is 0 Å². The molecular formula is C17H19NO3. The number of hydrogen-bond acceptors (Lipinski definition) is 3. The summed E-state index contributed by atoms with van der Waals surface area (Å²) in [6.07, 6.45) is 2.63. The van der Waals surface area contributed by atoms with Gasteiger partial charge < -0.3 is 14.1 Å². The molecule has 1 amide bonds. The highest BCUT2D eigenvalue weighted by Crippen LogP contribution is 2.27. The summed E-state index contributed by atoms with van der Waals surface area (Å²) < 4.78 is 11.0. The van der Waals surface area contributed by atoms with Gasteiger partial charge in [-0.15, -0.1) is 0 Å². The van der Waals surface area contributed by atoms with Crippen LogP contribution in [0.4, 0.5) is 0 Å². The molecule has 4 nitrogen and oxygen atoms in total. The van der Waals surface area contributed by atoms with E-state index in [4.69, 9.17) is 9.15 Å². The lowest BCUT2D eigenvalue weighted by atomic mass is 10.1. The maximum absolute atomic E-state index is 12.2. The lowest BCUT2D eigenvalue weighted by Crippen LogP contribution is -2.32. The fourth-order valence-corrected chi connectivity index (χ4v) is 2.68. The Morgan fingerprint density at radius 2 is 2.29 bits per heavy atom. The second-order valence-electron chi connectivity index (χ2n) is 5.45. The number of amides is 1. The summed E-state index contributed by atoms with van der Waals surface area (Å²) in [5, 5.41) is 0. The average Bonchev–Trinajstić information content (AvgIpc) is 3.15. The van der Waals surface area contributed by atoms with E-state index in [0.29, 0.717) is 12.5 Å². The Kier molecular flexibility index (Phi) is 3.95. The predicted octanol–water partition coefficient (Wildman–Crippen LogP) is 2.98. The summed E-state index contributed by atoms with van der Waals surface area (Å²) in [4.78, 5) is 14.0. The molecule has 110 valence electrons. The maximum atomic E-state index is 12.2. The van der Waals surface area contributed by atoms with Crippen molar-refractivity contribution in [3.05, 3.63) is 54.0 Å². The third-order valence-corrected chi connectivity index (χ3v) is 3.84. The molecule has 0 radical (unpaired) electrons. The summed E-state index contributed by atoms with van der Waals surface area (Å²) in [6.45, 7) is 3.57. The monoisotopic (exact) mass is 285 g/mol. The van der Waals surface area contributed by atoms with E-state index in [-0.39, 0.29) is 12.5 Å². The molecule has 3 rings (SSSR count). The number of benzene rings is 1. The van der Waals surface area contributed by atoms with Crippen molar-refractivity contribution in [2.45, 2.75) is 19.3 Å². The van der Waals surface area contributed by atoms with Crippen LogP contribution >= 0.6 is 0 Å². The zero-order valence-electron chi connectivity index (χ0n) is 12.1. The van der Waals surface area contributed by atoms with E-state index in [9.17, 15) is 4.79 Å². The van der Waals surface area contributed by atoms with Crippen molar-refractivity contribution in [2.24, 2.45) is 0 Å². The van der Waals surface area contributed by atoms with Gasteiger partial charge in [0, 0.05) is 19.0 Å². The first kappa shape index (κ1) is 13.7. The summed E-state index contributed by atoms with van der Waals surface area (Å²) in [5.74, 6) is 2.04. The predicted molar refractivity (Wildman–Crippen MR) is 79.3 cm³/mol. The molecule has 2 aromatic rings. The fraction of sp³-hybridized carbons (Fsp3) is 0.353. The van der Waals surface area contributed by atoms with Crippen LogP contribution in [0.2, 0.25) is 0 Å². The second-order valence-corrected chi connectivity index (χ2v) is 5.45. The topological polar surface area (TPSA) is 42.7 Å². The van der Waals surface area contributed by atoms with Gasteiger partial charge in [-0.3, -0.25) is 4.79 Å². The third-order valence-electron chi connectivity index (χ3n) is 3.84. The van der Waals surface area contributed by atoms with E-state index in [1.165, 1.54) is 0 Å². The van der Waals surface area contributed by atoms with Crippen LogP contribution in [0, 0.1) is 6.92 Å². The number of rotatable bonds is 4. The molecule has 0 aliphatic carbocycles. The van der Waals surface area contributed by atoms with Crippen LogP contribution in [0.1, 0.15) is 23.7 Å². The largest absolute Gasteiger partial charge is 0.484 e. The quantitative estimate of drug-likeness (QED) is 0.867. The van der Waals surface area contributed by atoms with Gasteiger partial charge in [0.1, 0.15) is 11.5 Å². The minimum absolute atomic E-state index is 0.0329. The van der Waals surface area contributed by atoms with E-state index in [0.717, 1.165) is 30.0 Å². The Morgan fingerprint density at radius 3 is 3.05 bits per heavy atom. The summed E-state index contributed by atoms with van der Waals surface area (Å²) in [5.41, 5.74) is 1.12. The number of nitrogens with zero attached hydrogens (tertiary/aromatic N) is 1. The van der Waals surface area contributed by atoms with Gasteiger partial charge in [0.25, 0.3) is 5.91 Å². The lowest BCUT2D eigenvalue weighted by Gasteiger charge is -2.16. The molecule has 1 unspecified atom stereocenters. The normalized spacial score (nSPS) is 18.0. The van der Waals surface area contributed by atoms with Crippen molar-refractivity contribution >= 4 is 5.91 Å².